The second-order valence-electron chi connectivity index (χ2n) is 5.74. The van der Waals surface area contributed by atoms with Gasteiger partial charge < -0.3 is 14.6 Å². The number of fused-ring (bicyclic) bond motifs is 1. The van der Waals surface area contributed by atoms with E-state index in [0.29, 0.717) is 5.76 Å². The number of carbonyl (C=O) groups is 1. The van der Waals surface area contributed by atoms with E-state index in [2.05, 4.69) is 10.3 Å². The summed E-state index contributed by atoms with van der Waals surface area (Å²) in [6, 6.07) is 8.65. The maximum Gasteiger partial charge on any atom is 0.319 e. The zero-order valence-corrected chi connectivity index (χ0v) is 13.8. The van der Waals surface area contributed by atoms with Gasteiger partial charge in [0, 0.05) is 24.8 Å². The Labute approximate surface area is 143 Å². The number of rotatable bonds is 5. The molecule has 132 valence electrons. The summed E-state index contributed by atoms with van der Waals surface area (Å²) >= 11 is 0. The molecule has 0 spiro atoms. The van der Waals surface area contributed by atoms with Gasteiger partial charge >= 0.3 is 12.6 Å². The first-order valence-corrected chi connectivity index (χ1v) is 7.75. The van der Waals surface area contributed by atoms with Gasteiger partial charge in [-0.3, -0.25) is 4.57 Å². The lowest BCUT2D eigenvalue weighted by Crippen LogP contribution is -2.38. The van der Waals surface area contributed by atoms with Gasteiger partial charge in [0.25, 0.3) is 0 Å². The highest BCUT2D eigenvalue weighted by molar-refractivity contribution is 5.78. The highest BCUT2D eigenvalue weighted by Gasteiger charge is 2.19. The Morgan fingerprint density at radius 3 is 2.88 bits per heavy atom. The van der Waals surface area contributed by atoms with Crippen LogP contribution in [-0.2, 0) is 6.54 Å². The average Bonchev–Trinajstić information content (AvgIpc) is 3.20. The van der Waals surface area contributed by atoms with Gasteiger partial charge in [0.05, 0.1) is 12.6 Å². The summed E-state index contributed by atoms with van der Waals surface area (Å²) in [6.07, 6.45) is 2.47. The number of hydrogen-bond acceptors (Lipinski definition) is 3. The Kier molecular flexibility index (Phi) is 4.69. The minimum absolute atomic E-state index is 0.0317. The van der Waals surface area contributed by atoms with E-state index < -0.39 is 12.6 Å². The van der Waals surface area contributed by atoms with Crippen molar-refractivity contribution in [2.24, 2.45) is 0 Å². The topological polar surface area (TPSA) is 63.3 Å². The van der Waals surface area contributed by atoms with Crippen LogP contribution >= 0.6 is 0 Å². The van der Waals surface area contributed by atoms with Crippen LogP contribution in [0.1, 0.15) is 31.1 Å². The summed E-state index contributed by atoms with van der Waals surface area (Å²) < 4.78 is 32.1. The predicted molar refractivity (Wildman–Crippen MR) is 88.1 cm³/mol. The minimum atomic E-state index is -2.69. The van der Waals surface area contributed by atoms with Gasteiger partial charge in [0.15, 0.2) is 0 Å². The molecule has 0 aliphatic carbocycles. The van der Waals surface area contributed by atoms with Crippen molar-refractivity contribution in [2.75, 3.05) is 7.05 Å². The summed E-state index contributed by atoms with van der Waals surface area (Å²) in [7, 11) is 1.52. The molecule has 3 aromatic rings. The Hall–Kier alpha value is -2.90. The molecule has 2 heterocycles. The normalized spacial score (nSPS) is 12.5. The molecule has 0 bridgehead atoms. The summed E-state index contributed by atoms with van der Waals surface area (Å²) in [6.45, 7) is -0.928. The highest BCUT2D eigenvalue weighted by atomic mass is 19.3. The molecule has 2 amide bonds. The number of para-hydroxylation sites is 1. The Bertz CT molecular complexity index is 841. The third kappa shape index (κ3) is 3.62. The molecule has 1 unspecified atom stereocenters. The molecule has 2 aromatic heterocycles. The standard InChI is InChI=1S/C17H18F2N4O2/c1-11(14-9-12-5-3-4-6-13(12)25-14)21-17(24)22(2)10-15-20-7-8-23(15)16(18)19/h3-9,11,16H,10H2,1-2H3,(H,21,24). The van der Waals surface area contributed by atoms with Crippen molar-refractivity contribution < 1.29 is 18.0 Å². The summed E-state index contributed by atoms with van der Waals surface area (Å²) in [5.74, 6) is 0.737. The van der Waals surface area contributed by atoms with Crippen molar-refractivity contribution in [1.82, 2.24) is 19.8 Å². The largest absolute Gasteiger partial charge is 0.459 e. The molecule has 8 heteroatoms. The molecule has 0 saturated heterocycles. The fourth-order valence-electron chi connectivity index (χ4n) is 2.51. The number of nitrogens with one attached hydrogen (secondary N) is 1. The summed E-state index contributed by atoms with van der Waals surface area (Å²) in [4.78, 5) is 17.5. The zero-order chi connectivity index (χ0) is 18.0. The third-order valence-corrected chi connectivity index (χ3v) is 3.90. The lowest BCUT2D eigenvalue weighted by atomic mass is 10.2. The highest BCUT2D eigenvalue weighted by Crippen LogP contribution is 2.23. The minimum Gasteiger partial charge on any atom is -0.459 e. The Morgan fingerprint density at radius 2 is 2.16 bits per heavy atom. The Balaban J connectivity index is 1.65. The van der Waals surface area contributed by atoms with Gasteiger partial charge in [-0.05, 0) is 19.1 Å². The molecule has 3 rings (SSSR count). The van der Waals surface area contributed by atoms with E-state index in [1.54, 1.807) is 6.92 Å². The average molecular weight is 348 g/mol. The van der Waals surface area contributed by atoms with E-state index in [-0.39, 0.29) is 18.4 Å². The molecule has 25 heavy (non-hydrogen) atoms. The fraction of sp³-hybridized carbons (Fsp3) is 0.294. The lowest BCUT2D eigenvalue weighted by molar-refractivity contribution is 0.0650. The number of halogens is 2. The number of urea groups is 1. The van der Waals surface area contributed by atoms with Crippen molar-refractivity contribution in [3.8, 4) is 0 Å². The molecule has 1 aromatic carbocycles. The molecule has 1 atom stereocenters. The third-order valence-electron chi connectivity index (χ3n) is 3.90. The van der Waals surface area contributed by atoms with Gasteiger partial charge in [-0.25, -0.2) is 9.78 Å². The van der Waals surface area contributed by atoms with Gasteiger partial charge in [0.1, 0.15) is 17.2 Å². The van der Waals surface area contributed by atoms with E-state index in [1.807, 2.05) is 30.3 Å². The van der Waals surface area contributed by atoms with Gasteiger partial charge in [-0.1, -0.05) is 18.2 Å². The lowest BCUT2D eigenvalue weighted by Gasteiger charge is -2.20. The fourth-order valence-corrected chi connectivity index (χ4v) is 2.51. The number of carbonyl (C=O) groups excluding carboxylic acids is 1. The SMILES string of the molecule is CC(NC(=O)N(C)Cc1nccn1C(F)F)c1cc2ccccc2o1. The first-order chi connectivity index (χ1) is 12.0. The molecular weight excluding hydrogens is 330 g/mol. The second-order valence-corrected chi connectivity index (χ2v) is 5.74. The number of benzene rings is 1. The molecular formula is C17H18F2N4O2. The van der Waals surface area contributed by atoms with Gasteiger partial charge in [-0.2, -0.15) is 8.78 Å². The smallest absolute Gasteiger partial charge is 0.319 e. The number of nitrogens with zero attached hydrogens (tertiary/aromatic N) is 3. The van der Waals surface area contributed by atoms with Crippen molar-refractivity contribution in [3.63, 3.8) is 0 Å². The van der Waals surface area contributed by atoms with Gasteiger partial charge in [-0.15, -0.1) is 0 Å². The number of hydrogen-bond donors (Lipinski definition) is 1. The monoisotopic (exact) mass is 348 g/mol. The number of amides is 2. The molecule has 0 radical (unpaired) electrons. The second kappa shape index (κ2) is 6.92. The number of aromatic nitrogens is 2. The van der Waals surface area contributed by atoms with Crippen LogP contribution in [0.3, 0.4) is 0 Å². The summed E-state index contributed by atoms with van der Waals surface area (Å²) in [5, 5.41) is 3.74. The van der Waals surface area contributed by atoms with Crippen molar-refractivity contribution in [3.05, 3.63) is 54.3 Å². The van der Waals surface area contributed by atoms with E-state index in [4.69, 9.17) is 4.42 Å². The van der Waals surface area contributed by atoms with E-state index in [9.17, 15) is 13.6 Å². The Morgan fingerprint density at radius 1 is 1.40 bits per heavy atom. The number of imidazole rings is 1. The molecule has 0 aliphatic heterocycles. The van der Waals surface area contributed by atoms with E-state index >= 15 is 0 Å². The van der Waals surface area contributed by atoms with E-state index in [0.717, 1.165) is 15.5 Å². The first kappa shape index (κ1) is 16.9. The van der Waals surface area contributed by atoms with Crippen LogP contribution in [0, 0.1) is 0 Å². The zero-order valence-electron chi connectivity index (χ0n) is 13.8. The maximum absolute atomic E-state index is 12.8. The molecule has 0 fully saturated rings. The molecule has 1 N–H and O–H groups in total. The van der Waals surface area contributed by atoms with Crippen LogP contribution in [0.2, 0.25) is 0 Å². The van der Waals surface area contributed by atoms with Crippen molar-refractivity contribution >= 4 is 17.0 Å². The number of alkyl halides is 2. The quantitative estimate of drug-likeness (QED) is 0.760. The van der Waals surface area contributed by atoms with Crippen molar-refractivity contribution in [1.29, 1.82) is 0 Å². The summed E-state index contributed by atoms with van der Waals surface area (Å²) in [5.41, 5.74) is 0.742. The molecule has 0 aliphatic rings. The number of furan rings is 1. The van der Waals surface area contributed by atoms with Crippen molar-refractivity contribution in [2.45, 2.75) is 26.1 Å². The molecule has 0 saturated carbocycles. The van der Waals surface area contributed by atoms with Crippen LogP contribution in [-0.4, -0.2) is 27.5 Å². The first-order valence-electron chi connectivity index (χ1n) is 7.75. The van der Waals surface area contributed by atoms with Crippen LogP contribution in [0.25, 0.3) is 11.0 Å². The van der Waals surface area contributed by atoms with Gasteiger partial charge in [0.2, 0.25) is 0 Å². The maximum atomic E-state index is 12.8. The van der Waals surface area contributed by atoms with Crippen LogP contribution in [0.15, 0.2) is 47.1 Å². The van der Waals surface area contributed by atoms with E-state index in [1.165, 1.54) is 24.3 Å². The predicted octanol–water partition coefficient (Wildman–Crippen LogP) is 3.93. The molecule has 6 nitrogen and oxygen atoms in total. The van der Waals surface area contributed by atoms with Crippen LogP contribution in [0.5, 0.6) is 0 Å². The van der Waals surface area contributed by atoms with Crippen LogP contribution < -0.4 is 5.32 Å². The van der Waals surface area contributed by atoms with Crippen LogP contribution in [0.4, 0.5) is 13.6 Å².